The van der Waals surface area contributed by atoms with E-state index < -0.39 is 20.7 Å². The predicted molar refractivity (Wildman–Crippen MR) is 82.6 cm³/mol. The first-order chi connectivity index (χ1) is 9.83. The van der Waals surface area contributed by atoms with E-state index in [0.29, 0.717) is 15.9 Å². The van der Waals surface area contributed by atoms with E-state index in [2.05, 4.69) is 20.7 Å². The smallest absolute Gasteiger partial charge is 0.264 e. The minimum atomic E-state index is -3.98. The van der Waals surface area contributed by atoms with E-state index in [-0.39, 0.29) is 0 Å². The van der Waals surface area contributed by atoms with Gasteiger partial charge in [0.25, 0.3) is 10.0 Å². The van der Waals surface area contributed by atoms with Gasteiger partial charge in [-0.05, 0) is 48.9 Å². The molecule has 2 rings (SSSR count). The number of hydrogen-bond acceptors (Lipinski definition) is 3. The fourth-order valence-electron chi connectivity index (χ4n) is 1.85. The number of methoxy groups -OCH3 is 1. The second-order valence-electron chi connectivity index (χ2n) is 4.36. The molecule has 0 spiro atoms. The summed E-state index contributed by atoms with van der Waals surface area (Å²) in [5, 5.41) is 0. The van der Waals surface area contributed by atoms with Crippen LogP contribution in [0.25, 0.3) is 0 Å². The van der Waals surface area contributed by atoms with E-state index in [1.54, 1.807) is 25.1 Å². The highest BCUT2D eigenvalue weighted by Crippen LogP contribution is 2.25. The van der Waals surface area contributed by atoms with E-state index in [1.807, 2.05) is 0 Å². The molecule has 4 nitrogen and oxygen atoms in total. The summed E-state index contributed by atoms with van der Waals surface area (Å²) in [5.74, 6) is -0.171. The zero-order valence-electron chi connectivity index (χ0n) is 11.4. The fourth-order valence-corrected chi connectivity index (χ4v) is 3.29. The lowest BCUT2D eigenvalue weighted by Crippen LogP contribution is -2.14. The van der Waals surface area contributed by atoms with Crippen LogP contribution in [0.3, 0.4) is 0 Å². The first kappa shape index (κ1) is 15.8. The number of benzene rings is 2. The summed E-state index contributed by atoms with van der Waals surface area (Å²) in [4.78, 5) is -0.404. The maximum atomic E-state index is 13.8. The molecule has 1 N–H and O–H groups in total. The number of nitrogens with one attached hydrogen (secondary N) is 1. The maximum absolute atomic E-state index is 13.8. The summed E-state index contributed by atoms with van der Waals surface area (Å²) in [6.45, 7) is 1.79. The average Bonchev–Trinajstić information content (AvgIpc) is 2.37. The van der Waals surface area contributed by atoms with Crippen LogP contribution >= 0.6 is 15.9 Å². The first-order valence-electron chi connectivity index (χ1n) is 5.96. The molecule has 2 aromatic rings. The Hall–Kier alpha value is -1.60. The van der Waals surface area contributed by atoms with Gasteiger partial charge in [0.05, 0.1) is 7.11 Å². The van der Waals surface area contributed by atoms with Gasteiger partial charge in [-0.25, -0.2) is 12.8 Å². The van der Waals surface area contributed by atoms with Crippen molar-refractivity contribution in [1.29, 1.82) is 0 Å². The highest BCUT2D eigenvalue weighted by Gasteiger charge is 2.19. The average molecular weight is 374 g/mol. The Morgan fingerprint density at radius 3 is 2.48 bits per heavy atom. The van der Waals surface area contributed by atoms with E-state index >= 15 is 0 Å². The van der Waals surface area contributed by atoms with Gasteiger partial charge in [-0.1, -0.05) is 15.9 Å². The third-order valence-corrected chi connectivity index (χ3v) is 4.74. The predicted octanol–water partition coefficient (Wildman–Crippen LogP) is 3.71. The number of anilines is 1. The molecular formula is C14H13BrFNO3S. The number of halogens is 2. The molecule has 0 aliphatic heterocycles. The molecule has 0 saturated heterocycles. The van der Waals surface area contributed by atoms with Gasteiger partial charge in [0, 0.05) is 10.2 Å². The molecule has 0 aromatic heterocycles. The summed E-state index contributed by atoms with van der Waals surface area (Å²) in [6.07, 6.45) is 0. The van der Waals surface area contributed by atoms with Gasteiger partial charge in [-0.3, -0.25) is 4.72 Å². The van der Waals surface area contributed by atoms with Crippen LogP contribution in [0, 0.1) is 12.7 Å². The molecular weight excluding hydrogens is 361 g/mol. The van der Waals surface area contributed by atoms with Gasteiger partial charge in [-0.2, -0.15) is 0 Å². The Morgan fingerprint density at radius 1 is 1.19 bits per heavy atom. The molecule has 21 heavy (non-hydrogen) atoms. The Kier molecular flexibility index (Phi) is 4.53. The van der Waals surface area contributed by atoms with E-state index in [1.165, 1.54) is 19.2 Å². The van der Waals surface area contributed by atoms with Crippen LogP contribution in [0.4, 0.5) is 10.1 Å². The zero-order valence-corrected chi connectivity index (χ0v) is 13.8. The van der Waals surface area contributed by atoms with Crippen LogP contribution in [0.2, 0.25) is 0 Å². The van der Waals surface area contributed by atoms with Crippen LogP contribution < -0.4 is 9.46 Å². The standard InChI is InChI=1S/C14H13BrFNO3S/c1-9-7-11(4-5-13(9)20-2)17-21(18,19)14-6-3-10(15)8-12(14)16/h3-8,17H,1-2H3. The topological polar surface area (TPSA) is 55.4 Å². The molecule has 0 aliphatic carbocycles. The molecule has 0 bridgehead atoms. The van der Waals surface area contributed by atoms with Gasteiger partial charge in [0.2, 0.25) is 0 Å². The van der Waals surface area contributed by atoms with Crippen molar-refractivity contribution in [1.82, 2.24) is 0 Å². The van der Waals surface area contributed by atoms with Crippen molar-refractivity contribution < 1.29 is 17.5 Å². The zero-order chi connectivity index (χ0) is 15.6. The lowest BCUT2D eigenvalue weighted by atomic mass is 10.2. The van der Waals surface area contributed by atoms with Crippen molar-refractivity contribution in [2.45, 2.75) is 11.8 Å². The lowest BCUT2D eigenvalue weighted by molar-refractivity contribution is 0.412. The fraction of sp³-hybridized carbons (Fsp3) is 0.143. The molecule has 0 saturated carbocycles. The Morgan fingerprint density at radius 2 is 1.90 bits per heavy atom. The maximum Gasteiger partial charge on any atom is 0.264 e. The molecule has 0 aliphatic rings. The van der Waals surface area contributed by atoms with Crippen molar-refractivity contribution >= 4 is 31.6 Å². The Bertz CT molecular complexity index is 778. The number of rotatable bonds is 4. The Labute approximate surface area is 131 Å². The molecule has 0 fully saturated rings. The summed E-state index contributed by atoms with van der Waals surface area (Å²) >= 11 is 3.09. The van der Waals surface area contributed by atoms with E-state index in [9.17, 15) is 12.8 Å². The quantitative estimate of drug-likeness (QED) is 0.888. The van der Waals surface area contributed by atoms with Gasteiger partial charge in [0.1, 0.15) is 16.5 Å². The Balaban J connectivity index is 2.35. The molecule has 112 valence electrons. The SMILES string of the molecule is COc1ccc(NS(=O)(=O)c2ccc(Br)cc2F)cc1C. The highest BCUT2D eigenvalue weighted by atomic mass is 79.9. The summed E-state index contributed by atoms with van der Waals surface area (Å²) in [5.41, 5.74) is 1.12. The molecule has 0 radical (unpaired) electrons. The van der Waals surface area contributed by atoms with Crippen molar-refractivity contribution in [2.75, 3.05) is 11.8 Å². The van der Waals surface area contributed by atoms with Crippen LogP contribution in [0.15, 0.2) is 45.8 Å². The molecule has 0 heterocycles. The third kappa shape index (κ3) is 3.54. The van der Waals surface area contributed by atoms with Crippen molar-refractivity contribution in [3.8, 4) is 5.75 Å². The number of ether oxygens (including phenoxy) is 1. The second-order valence-corrected chi connectivity index (χ2v) is 6.93. The summed E-state index contributed by atoms with van der Waals surface area (Å²) in [7, 11) is -2.45. The summed E-state index contributed by atoms with van der Waals surface area (Å²) in [6, 6.07) is 8.60. The van der Waals surface area contributed by atoms with Gasteiger partial charge in [-0.15, -0.1) is 0 Å². The highest BCUT2D eigenvalue weighted by molar-refractivity contribution is 9.10. The minimum Gasteiger partial charge on any atom is -0.496 e. The van der Waals surface area contributed by atoms with Gasteiger partial charge in [0.15, 0.2) is 0 Å². The third-order valence-electron chi connectivity index (χ3n) is 2.83. The van der Waals surface area contributed by atoms with Crippen LogP contribution in [-0.2, 0) is 10.0 Å². The molecule has 2 aromatic carbocycles. The van der Waals surface area contributed by atoms with Crippen LogP contribution in [0.5, 0.6) is 5.75 Å². The lowest BCUT2D eigenvalue weighted by Gasteiger charge is -2.11. The van der Waals surface area contributed by atoms with Crippen LogP contribution in [-0.4, -0.2) is 15.5 Å². The van der Waals surface area contributed by atoms with Gasteiger partial charge < -0.3 is 4.74 Å². The number of sulfonamides is 1. The second kappa shape index (κ2) is 6.03. The van der Waals surface area contributed by atoms with Crippen molar-refractivity contribution in [2.24, 2.45) is 0 Å². The minimum absolute atomic E-state index is 0.343. The summed E-state index contributed by atoms with van der Waals surface area (Å²) < 4.78 is 46.1. The molecule has 0 atom stereocenters. The van der Waals surface area contributed by atoms with Crippen molar-refractivity contribution in [3.63, 3.8) is 0 Å². The molecule has 0 unspecified atom stereocenters. The van der Waals surface area contributed by atoms with Gasteiger partial charge >= 0.3 is 0 Å². The monoisotopic (exact) mass is 373 g/mol. The normalized spacial score (nSPS) is 11.2. The number of hydrogen-bond donors (Lipinski definition) is 1. The van der Waals surface area contributed by atoms with E-state index in [0.717, 1.165) is 11.6 Å². The first-order valence-corrected chi connectivity index (χ1v) is 8.23. The van der Waals surface area contributed by atoms with Crippen LogP contribution in [0.1, 0.15) is 5.56 Å². The molecule has 0 amide bonds. The van der Waals surface area contributed by atoms with E-state index in [4.69, 9.17) is 4.74 Å². The van der Waals surface area contributed by atoms with Crippen molar-refractivity contribution in [3.05, 3.63) is 52.3 Å². The largest absolute Gasteiger partial charge is 0.496 e. The molecule has 7 heteroatoms. The number of aryl methyl sites for hydroxylation is 1.